The second-order valence-electron chi connectivity index (χ2n) is 10.1. The van der Waals surface area contributed by atoms with Crippen molar-refractivity contribution in [3.63, 3.8) is 0 Å². The number of nitrogens with one attached hydrogen (secondary N) is 1. The van der Waals surface area contributed by atoms with Gasteiger partial charge in [-0.05, 0) is 35.4 Å². The van der Waals surface area contributed by atoms with Gasteiger partial charge < -0.3 is 9.84 Å². The van der Waals surface area contributed by atoms with Crippen molar-refractivity contribution >= 4 is 23.5 Å². The molecule has 4 unspecified atom stereocenters. The molecule has 4 atom stereocenters. The van der Waals surface area contributed by atoms with E-state index in [1.165, 1.54) is 30.3 Å². The molecule has 10 nitrogen and oxygen atoms in total. The lowest BCUT2D eigenvalue weighted by Gasteiger charge is -2.31. The van der Waals surface area contributed by atoms with Gasteiger partial charge in [-0.25, -0.2) is 0 Å². The summed E-state index contributed by atoms with van der Waals surface area (Å²) in [6.07, 6.45) is -5.07. The number of aliphatic carboxylic acids is 1. The lowest BCUT2D eigenvalue weighted by atomic mass is 9.76. The van der Waals surface area contributed by atoms with Crippen molar-refractivity contribution in [2.75, 3.05) is 13.2 Å². The number of alkyl halides is 3. The minimum atomic E-state index is -4.70. The standard InChI is InChI=1S/C29H24F3N3O7/c30-29(31,32)19-6-4-5-18(15-19)24-22-23(26(37)34(25(22)36)13-14-42-21-7-2-1-3-8-21)28(33-24,27(38)39)16-17-9-11-20(12-10-17)35(40)41/h1-12,15,22-24,33H,13-14,16H2,(H,38,39). The van der Waals surface area contributed by atoms with E-state index in [0.29, 0.717) is 11.3 Å². The molecule has 0 aliphatic carbocycles. The predicted octanol–water partition coefficient (Wildman–Crippen LogP) is 4.00. The van der Waals surface area contributed by atoms with Gasteiger partial charge in [0.25, 0.3) is 5.69 Å². The molecule has 2 heterocycles. The first-order chi connectivity index (χ1) is 19.9. The van der Waals surface area contributed by atoms with Crippen LogP contribution in [0.5, 0.6) is 5.75 Å². The van der Waals surface area contributed by atoms with Crippen LogP contribution in [-0.2, 0) is 27.0 Å². The quantitative estimate of drug-likeness (QED) is 0.219. The van der Waals surface area contributed by atoms with E-state index in [-0.39, 0.29) is 30.8 Å². The molecule has 2 aliphatic heterocycles. The SMILES string of the molecule is O=C1C2C(c3cccc(C(F)(F)F)c3)NC(Cc3ccc([N+](=O)[O-])cc3)(C(=O)O)C2C(=O)N1CCOc1ccccc1. The fraction of sp³-hybridized carbons (Fsp3) is 0.276. The second kappa shape index (κ2) is 10.9. The number of non-ortho nitro benzene ring substituents is 1. The Balaban J connectivity index is 1.53. The van der Waals surface area contributed by atoms with Crippen LogP contribution in [0.25, 0.3) is 0 Å². The summed E-state index contributed by atoms with van der Waals surface area (Å²) in [6, 6.07) is 16.6. The van der Waals surface area contributed by atoms with Gasteiger partial charge in [-0.2, -0.15) is 13.2 Å². The van der Waals surface area contributed by atoms with E-state index in [4.69, 9.17) is 4.74 Å². The van der Waals surface area contributed by atoms with Gasteiger partial charge in [0.15, 0.2) is 0 Å². The highest BCUT2D eigenvalue weighted by atomic mass is 19.4. The maximum atomic E-state index is 13.8. The molecule has 2 aliphatic rings. The highest BCUT2D eigenvalue weighted by Gasteiger charge is 2.68. The molecule has 0 bridgehead atoms. The third kappa shape index (κ3) is 5.18. The van der Waals surface area contributed by atoms with E-state index in [1.807, 2.05) is 0 Å². The molecule has 2 N–H and O–H groups in total. The van der Waals surface area contributed by atoms with Crippen LogP contribution in [0.15, 0.2) is 78.9 Å². The first-order valence-corrected chi connectivity index (χ1v) is 12.9. The van der Waals surface area contributed by atoms with Gasteiger partial charge in [-0.15, -0.1) is 0 Å². The van der Waals surface area contributed by atoms with E-state index in [2.05, 4.69) is 5.32 Å². The van der Waals surface area contributed by atoms with E-state index in [0.717, 1.165) is 23.1 Å². The minimum absolute atomic E-state index is 0.00446. The summed E-state index contributed by atoms with van der Waals surface area (Å²) in [5, 5.41) is 24.5. The molecule has 5 rings (SSSR count). The number of rotatable bonds is 9. The lowest BCUT2D eigenvalue weighted by molar-refractivity contribution is -0.384. The summed E-state index contributed by atoms with van der Waals surface area (Å²) < 4.78 is 46.3. The first-order valence-electron chi connectivity index (χ1n) is 12.9. The Morgan fingerprint density at radius 3 is 2.33 bits per heavy atom. The number of likely N-dealkylation sites (tertiary alicyclic amines) is 1. The number of halogens is 3. The fourth-order valence-corrected chi connectivity index (χ4v) is 5.74. The molecule has 0 radical (unpaired) electrons. The number of ether oxygens (including phenoxy) is 1. The van der Waals surface area contributed by atoms with Gasteiger partial charge in [0, 0.05) is 24.6 Å². The number of hydrogen-bond acceptors (Lipinski definition) is 7. The van der Waals surface area contributed by atoms with Crippen LogP contribution in [0.4, 0.5) is 18.9 Å². The van der Waals surface area contributed by atoms with Crippen molar-refractivity contribution in [2.45, 2.75) is 24.2 Å². The van der Waals surface area contributed by atoms with Crippen LogP contribution in [0.1, 0.15) is 22.7 Å². The summed E-state index contributed by atoms with van der Waals surface area (Å²) in [5.74, 6) is -5.34. The number of imide groups is 1. The Labute approximate surface area is 236 Å². The Hall–Kier alpha value is -4.78. The number of benzene rings is 3. The number of carbonyl (C=O) groups is 3. The molecule has 3 aromatic carbocycles. The van der Waals surface area contributed by atoms with E-state index < -0.39 is 57.9 Å². The van der Waals surface area contributed by atoms with Crippen LogP contribution in [0.2, 0.25) is 0 Å². The third-order valence-electron chi connectivity index (χ3n) is 7.66. The lowest BCUT2D eigenvalue weighted by Crippen LogP contribution is -2.57. The number of nitro benzene ring substituents is 1. The van der Waals surface area contributed by atoms with Crippen LogP contribution < -0.4 is 10.1 Å². The largest absolute Gasteiger partial charge is 0.492 e. The molecule has 0 spiro atoms. The average Bonchev–Trinajstić information content (AvgIpc) is 3.43. The van der Waals surface area contributed by atoms with Gasteiger partial charge in [-0.3, -0.25) is 34.7 Å². The predicted molar refractivity (Wildman–Crippen MR) is 140 cm³/mol. The summed E-state index contributed by atoms with van der Waals surface area (Å²) in [4.78, 5) is 51.8. The molecular formula is C29H24F3N3O7. The highest BCUT2D eigenvalue weighted by Crippen LogP contribution is 2.50. The first kappa shape index (κ1) is 28.7. The minimum Gasteiger partial charge on any atom is -0.492 e. The Bertz CT molecular complexity index is 1530. The number of carbonyl (C=O) groups excluding carboxylic acids is 2. The van der Waals surface area contributed by atoms with Gasteiger partial charge in [0.2, 0.25) is 11.8 Å². The summed E-state index contributed by atoms with van der Waals surface area (Å²) in [6.45, 7) is -0.298. The third-order valence-corrected chi connectivity index (χ3v) is 7.66. The molecule has 2 saturated heterocycles. The molecule has 0 aromatic heterocycles. The summed E-state index contributed by atoms with van der Waals surface area (Å²) in [7, 11) is 0. The number of carboxylic acids is 1. The van der Waals surface area contributed by atoms with E-state index in [1.54, 1.807) is 30.3 Å². The molecule has 218 valence electrons. The van der Waals surface area contributed by atoms with Crippen molar-refractivity contribution < 1.29 is 42.3 Å². The fourth-order valence-electron chi connectivity index (χ4n) is 5.74. The van der Waals surface area contributed by atoms with E-state index >= 15 is 0 Å². The molecular weight excluding hydrogens is 559 g/mol. The van der Waals surface area contributed by atoms with Crippen molar-refractivity contribution in [3.8, 4) is 5.75 Å². The maximum Gasteiger partial charge on any atom is 0.416 e. The molecule has 2 amide bonds. The number of nitrogens with zero attached hydrogens (tertiary/aromatic N) is 2. The molecule has 3 aromatic rings. The zero-order valence-electron chi connectivity index (χ0n) is 21.8. The number of hydrogen-bond donors (Lipinski definition) is 2. The molecule has 2 fully saturated rings. The zero-order valence-corrected chi connectivity index (χ0v) is 21.8. The second-order valence-corrected chi connectivity index (χ2v) is 10.1. The Morgan fingerprint density at radius 2 is 1.71 bits per heavy atom. The Morgan fingerprint density at radius 1 is 1.02 bits per heavy atom. The molecule has 0 saturated carbocycles. The van der Waals surface area contributed by atoms with Gasteiger partial charge in [0.1, 0.15) is 17.9 Å². The number of carboxylic acid groups (broad SMARTS) is 1. The summed E-state index contributed by atoms with van der Waals surface area (Å²) >= 11 is 0. The number of para-hydroxylation sites is 1. The van der Waals surface area contributed by atoms with Crippen LogP contribution in [0, 0.1) is 22.0 Å². The average molecular weight is 584 g/mol. The van der Waals surface area contributed by atoms with Crippen LogP contribution in [0.3, 0.4) is 0 Å². The zero-order chi connectivity index (χ0) is 30.2. The number of amides is 2. The van der Waals surface area contributed by atoms with Gasteiger partial charge in [-0.1, -0.05) is 42.5 Å². The smallest absolute Gasteiger partial charge is 0.416 e. The molecule has 13 heteroatoms. The van der Waals surface area contributed by atoms with Gasteiger partial charge in [0.05, 0.1) is 28.9 Å². The van der Waals surface area contributed by atoms with Crippen molar-refractivity contribution in [1.82, 2.24) is 10.2 Å². The van der Waals surface area contributed by atoms with Crippen molar-refractivity contribution in [3.05, 3.63) is 106 Å². The van der Waals surface area contributed by atoms with Crippen molar-refractivity contribution in [1.29, 1.82) is 0 Å². The monoisotopic (exact) mass is 583 g/mol. The van der Waals surface area contributed by atoms with Gasteiger partial charge >= 0.3 is 12.1 Å². The molecule has 42 heavy (non-hydrogen) atoms. The highest BCUT2D eigenvalue weighted by molar-refractivity contribution is 6.09. The van der Waals surface area contributed by atoms with E-state index in [9.17, 15) is 42.8 Å². The van der Waals surface area contributed by atoms with Crippen LogP contribution >= 0.6 is 0 Å². The summed E-state index contributed by atoms with van der Waals surface area (Å²) in [5.41, 5.74) is -3.04. The topological polar surface area (TPSA) is 139 Å². The normalized spacial score (nSPS) is 23.6. The number of fused-ring (bicyclic) bond motifs is 1. The maximum absolute atomic E-state index is 13.8. The number of nitro groups is 1. The van der Waals surface area contributed by atoms with Crippen LogP contribution in [-0.4, -0.2) is 51.4 Å². The Kier molecular flexibility index (Phi) is 7.45. The van der Waals surface area contributed by atoms with Crippen molar-refractivity contribution in [2.24, 2.45) is 11.8 Å².